The van der Waals surface area contributed by atoms with Gasteiger partial charge in [-0.1, -0.05) is 121 Å². The summed E-state index contributed by atoms with van der Waals surface area (Å²) in [5, 5.41) is 8.90. The molecule has 2 heterocycles. The van der Waals surface area contributed by atoms with E-state index in [0.717, 1.165) is 25.5 Å². The van der Waals surface area contributed by atoms with Gasteiger partial charge in [-0.25, -0.2) is 0 Å². The Labute approximate surface area is 546 Å². The molecule has 1 aromatic heterocycles. The predicted octanol–water partition coefficient (Wildman–Crippen LogP) is 10.3. The molecule has 0 amide bonds. The smallest absolute Gasteiger partial charge is 0.402 e. The zero-order chi connectivity index (χ0) is 67.8. The Hall–Kier alpha value is -8.67. The molecular formula is C66H66F4N6O14S4+2. The number of hydrogen-bond donors (Lipinski definition) is 3. The molecule has 0 radical (unpaired) electrons. The van der Waals surface area contributed by atoms with E-state index in [2.05, 4.69) is 227 Å². The Morgan fingerprint density at radius 1 is 0.511 bits per heavy atom. The second-order valence-corrected chi connectivity index (χ2v) is 28.8. The number of esters is 4. The molecule has 3 saturated carbocycles. The van der Waals surface area contributed by atoms with E-state index in [9.17, 15) is 53.6 Å². The molecule has 9 unspecified atom stereocenters. The van der Waals surface area contributed by atoms with Crippen LogP contribution in [0.15, 0.2) is 247 Å². The van der Waals surface area contributed by atoms with Gasteiger partial charge in [-0.3, -0.25) is 33.7 Å². The van der Waals surface area contributed by atoms with E-state index in [1.807, 2.05) is 0 Å². The molecule has 7 aromatic rings. The Kier molecular flexibility index (Phi) is 24.2. The first-order chi connectivity index (χ1) is 44.9. The van der Waals surface area contributed by atoms with E-state index in [1.54, 1.807) is 32.2 Å². The summed E-state index contributed by atoms with van der Waals surface area (Å²) >= 11 is 0. The monoisotopic (exact) mass is 1370 g/mol. The number of fused-ring (bicyclic) bond motifs is 7. The van der Waals surface area contributed by atoms with Crippen LogP contribution >= 0.6 is 0 Å². The predicted molar refractivity (Wildman–Crippen MR) is 338 cm³/mol. The minimum atomic E-state index is -5.73. The average Bonchev–Trinajstić information content (AvgIpc) is 1.56. The first-order valence-corrected chi connectivity index (χ1v) is 34.3. The van der Waals surface area contributed by atoms with E-state index >= 15 is 0 Å². The maximum Gasteiger partial charge on any atom is 0.402 e. The van der Waals surface area contributed by atoms with Gasteiger partial charge in [0.2, 0.25) is 0 Å². The second kappa shape index (κ2) is 32.0. The highest BCUT2D eigenvalue weighted by molar-refractivity contribution is 7.97. The summed E-state index contributed by atoms with van der Waals surface area (Å²) in [5.41, 5.74) is 4.26. The molecule has 20 nitrogen and oxygen atoms in total. The Balaban J connectivity index is 0.000000156. The molecule has 494 valence electrons. The van der Waals surface area contributed by atoms with Gasteiger partial charge in [-0.05, 0) is 129 Å². The second-order valence-electron chi connectivity index (χ2n) is 21.6. The Morgan fingerprint density at radius 3 is 1.16 bits per heavy atom. The van der Waals surface area contributed by atoms with Gasteiger partial charge in [0.1, 0.15) is 0 Å². The lowest BCUT2D eigenvalue weighted by atomic mass is 9.69. The van der Waals surface area contributed by atoms with Crippen LogP contribution in [0.5, 0.6) is 0 Å². The van der Waals surface area contributed by atoms with Gasteiger partial charge in [0.05, 0.1) is 59.7 Å². The number of aryl methyl sites for hydroxylation is 1. The molecule has 5 aliphatic rings. The van der Waals surface area contributed by atoms with Crippen molar-refractivity contribution in [2.45, 2.75) is 66.6 Å². The number of hydrazone groups is 1. The van der Waals surface area contributed by atoms with Gasteiger partial charge in [-0.15, -0.1) is 20.4 Å². The summed E-state index contributed by atoms with van der Waals surface area (Å²) in [5.74, 6) is -8.33. The van der Waals surface area contributed by atoms with Crippen LogP contribution in [0.1, 0.15) is 25.6 Å². The number of carbonyl (C=O) groups is 4. The highest BCUT2D eigenvalue weighted by Gasteiger charge is 2.63. The molecule has 9 atom stereocenters. The number of aromatic nitrogens is 4. The van der Waals surface area contributed by atoms with Gasteiger partial charge in [0, 0.05) is 17.8 Å². The van der Waals surface area contributed by atoms with Crippen molar-refractivity contribution >= 4 is 71.6 Å². The van der Waals surface area contributed by atoms with Crippen LogP contribution in [0.4, 0.5) is 17.6 Å². The molecule has 1 aliphatic heterocycles. The number of allylic oxidation sites excluding steroid dienone is 3. The number of halogens is 4. The van der Waals surface area contributed by atoms with E-state index in [-0.39, 0.29) is 45.5 Å². The summed E-state index contributed by atoms with van der Waals surface area (Å²) in [6.45, 7) is -0.135. The standard InChI is InChI=1S/2C18H15S.C15H18F2N2O7S.C12H14F2O7S.C3H4N4/c2*1-4-10-16(11-5-1)19(17-12-6-2-7-13-17)18-14-8-3-9-15-18;1-6-10-8-3-7(9(10)4-18-19-6)11(12(8)13(20)25-2)14(21)26-5-15(16,17)27(22,23)24;1-20-10(15)8-6-2-3-7(4-6)9(8)11(16)21-5-12(13,14)22(17,18)19;1-3-6-4-2-5-7-3/h2*1-15H;4,7-8,10-12,18H,3,5H2,1-2H3,(H,22,23,24);2-3,6-9H,4-5H2,1H3,(H,17,18,19);2H,1H3/q2*+1;;;. The molecular weight excluding hydrogens is 1310 g/mol. The van der Waals surface area contributed by atoms with Crippen LogP contribution in [-0.4, -0.2) is 114 Å². The molecule has 6 aromatic carbocycles. The molecule has 0 saturated heterocycles. The van der Waals surface area contributed by atoms with Gasteiger partial charge in [0.15, 0.2) is 54.7 Å². The van der Waals surface area contributed by atoms with Crippen LogP contribution in [0, 0.1) is 60.2 Å². The first-order valence-electron chi connectivity index (χ1n) is 29.0. The van der Waals surface area contributed by atoms with Gasteiger partial charge < -0.3 is 18.9 Å². The van der Waals surface area contributed by atoms with Crippen LogP contribution in [-0.2, 0) is 80.2 Å². The summed E-state index contributed by atoms with van der Waals surface area (Å²) < 4.78 is 130. The van der Waals surface area contributed by atoms with Crippen molar-refractivity contribution in [1.29, 1.82) is 0 Å². The van der Waals surface area contributed by atoms with E-state index < -0.39 is 97.4 Å². The normalized spacial score (nSPS) is 21.3. The number of carbonyl (C=O) groups excluding carboxylic acids is 4. The minimum absolute atomic E-state index is 0.0146. The van der Waals surface area contributed by atoms with Crippen LogP contribution in [0.3, 0.4) is 0 Å². The van der Waals surface area contributed by atoms with Gasteiger partial charge in [-0.2, -0.15) is 39.5 Å². The third kappa shape index (κ3) is 17.4. The fourth-order valence-corrected chi connectivity index (χ4v) is 16.4. The lowest BCUT2D eigenvalue weighted by Gasteiger charge is -2.36. The molecule has 0 spiro atoms. The summed E-state index contributed by atoms with van der Waals surface area (Å²) in [7, 11) is -9.14. The third-order valence-electron chi connectivity index (χ3n) is 15.8. The number of alkyl halides is 4. The number of nitrogens with one attached hydrogen (secondary N) is 1. The fraction of sp³-hybridized carbons (Fsp3) is 0.288. The van der Waals surface area contributed by atoms with E-state index in [4.69, 9.17) is 13.8 Å². The van der Waals surface area contributed by atoms with Crippen LogP contribution in [0.25, 0.3) is 0 Å². The van der Waals surface area contributed by atoms with Crippen molar-refractivity contribution in [1.82, 2.24) is 25.8 Å². The number of benzene rings is 6. The zero-order valence-electron chi connectivity index (χ0n) is 50.8. The first kappa shape index (κ1) is 71.2. The quantitative estimate of drug-likeness (QED) is 0.0202. The van der Waals surface area contributed by atoms with Crippen molar-refractivity contribution in [3.8, 4) is 0 Å². The highest BCUT2D eigenvalue weighted by Crippen LogP contribution is 2.59. The maximum absolute atomic E-state index is 13.4. The molecule has 4 bridgehead atoms. The van der Waals surface area contributed by atoms with Crippen molar-refractivity contribution in [2.24, 2.45) is 58.4 Å². The minimum Gasteiger partial charge on any atom is -0.469 e. The molecule has 3 fully saturated rings. The topological polar surface area (TPSA) is 290 Å². The van der Waals surface area contributed by atoms with Gasteiger partial charge >= 0.3 is 54.6 Å². The lowest BCUT2D eigenvalue weighted by Crippen LogP contribution is -2.44. The molecule has 3 N–H and O–H groups in total. The Morgan fingerprint density at radius 2 is 0.840 bits per heavy atom. The van der Waals surface area contributed by atoms with Crippen LogP contribution in [0.2, 0.25) is 0 Å². The van der Waals surface area contributed by atoms with E-state index in [1.165, 1.54) is 35.7 Å². The zero-order valence-corrected chi connectivity index (χ0v) is 54.1. The van der Waals surface area contributed by atoms with Gasteiger partial charge in [0.25, 0.3) is 0 Å². The number of methoxy groups -OCH3 is 2. The lowest BCUT2D eigenvalue weighted by molar-refractivity contribution is -0.165. The number of nitrogens with zero attached hydrogens (tertiary/aromatic N) is 5. The largest absolute Gasteiger partial charge is 0.469 e. The van der Waals surface area contributed by atoms with Crippen molar-refractivity contribution < 1.29 is 81.6 Å². The van der Waals surface area contributed by atoms with Crippen molar-refractivity contribution in [3.05, 3.63) is 218 Å². The molecule has 12 rings (SSSR count). The molecule has 94 heavy (non-hydrogen) atoms. The van der Waals surface area contributed by atoms with Crippen molar-refractivity contribution in [3.63, 3.8) is 0 Å². The summed E-state index contributed by atoms with van der Waals surface area (Å²) in [6, 6.07) is 64.3. The molecule has 4 aliphatic carbocycles. The Bertz CT molecular complexity index is 3710. The average molecular weight is 1370 g/mol. The summed E-state index contributed by atoms with van der Waals surface area (Å²) in [6.07, 6.45) is 7.29. The van der Waals surface area contributed by atoms with Crippen LogP contribution < -0.4 is 5.43 Å². The maximum atomic E-state index is 13.4. The third-order valence-corrected chi connectivity index (χ3v) is 22.0. The number of hydrogen-bond acceptors (Lipinski definition) is 18. The summed E-state index contributed by atoms with van der Waals surface area (Å²) in [4.78, 5) is 56.6. The highest BCUT2D eigenvalue weighted by atomic mass is 32.2. The SMILES string of the molecule is COC(=O)C1C2C=CC(C2)C1C(=O)OCC(F)(F)S(=O)(=O)O.COC(=O)C1C2CC(C3=CNN=C(C)C32)C1C(=O)OCC(F)(F)S(=O)(=O)O.Cc1nncnn1.c1ccc([S+](c2ccccc2)c2ccccc2)cc1.c1ccc([S+](c2ccccc2)c2ccccc2)cc1. The number of ether oxygens (including phenoxy) is 4. The number of rotatable bonds is 16. The van der Waals surface area contributed by atoms with E-state index in [0.29, 0.717) is 18.7 Å². The fourth-order valence-electron chi connectivity index (χ4n) is 11.7. The van der Waals surface area contributed by atoms with Crippen molar-refractivity contribution in [2.75, 3.05) is 27.4 Å². The molecule has 28 heteroatoms.